The van der Waals surface area contributed by atoms with Crippen LogP contribution in [0.5, 0.6) is 0 Å². The van der Waals surface area contributed by atoms with Gasteiger partial charge >= 0.3 is 5.97 Å². The summed E-state index contributed by atoms with van der Waals surface area (Å²) in [6.07, 6.45) is 2.99. The number of carboxylic acid groups (broad SMARTS) is 1. The molecule has 0 radical (unpaired) electrons. The topological polar surface area (TPSA) is 54.4 Å². The molecule has 1 rings (SSSR count). The molecule has 3 nitrogen and oxygen atoms in total. The molecule has 0 saturated heterocycles. The summed E-state index contributed by atoms with van der Waals surface area (Å²) in [6, 6.07) is 7.78. The van der Waals surface area contributed by atoms with Crippen LogP contribution in [0.15, 0.2) is 28.7 Å². The molecule has 1 aromatic carbocycles. The van der Waals surface area contributed by atoms with Crippen molar-refractivity contribution >= 4 is 28.2 Å². The normalized spacial score (nSPS) is 11.1. The Labute approximate surface area is 116 Å². The van der Waals surface area contributed by atoms with Crippen molar-refractivity contribution in [2.45, 2.75) is 33.1 Å². The maximum absolute atomic E-state index is 11.0. The van der Waals surface area contributed by atoms with Gasteiger partial charge in [0, 0.05) is 4.47 Å². The Morgan fingerprint density at radius 1 is 1.44 bits per heavy atom. The molecule has 18 heavy (non-hydrogen) atoms. The molecule has 1 atom stereocenters. The van der Waals surface area contributed by atoms with E-state index in [1.54, 1.807) is 0 Å². The lowest BCUT2D eigenvalue weighted by Crippen LogP contribution is -2.16. The lowest BCUT2D eigenvalue weighted by Gasteiger charge is -2.12. The van der Waals surface area contributed by atoms with Crippen LogP contribution in [0.4, 0.5) is 0 Å². The lowest BCUT2D eigenvalue weighted by molar-refractivity contribution is -0.141. The number of hydrogen-bond donors (Lipinski definition) is 1. The van der Waals surface area contributed by atoms with Gasteiger partial charge in [0.25, 0.3) is 0 Å². The van der Waals surface area contributed by atoms with Gasteiger partial charge in [-0.1, -0.05) is 47.5 Å². The van der Waals surface area contributed by atoms with Gasteiger partial charge in [0.2, 0.25) is 0 Å². The first-order valence-corrected chi connectivity index (χ1v) is 6.72. The van der Waals surface area contributed by atoms with E-state index in [9.17, 15) is 4.79 Å². The van der Waals surface area contributed by atoms with Gasteiger partial charge in [0.1, 0.15) is 6.29 Å². The van der Waals surface area contributed by atoms with E-state index < -0.39 is 5.97 Å². The molecule has 100 valence electrons. The van der Waals surface area contributed by atoms with Gasteiger partial charge in [-0.2, -0.15) is 0 Å². The molecule has 4 heteroatoms. The minimum absolute atomic E-state index is 0.270. The van der Waals surface area contributed by atoms with Gasteiger partial charge in [-0.05, 0) is 31.4 Å². The highest BCUT2D eigenvalue weighted by molar-refractivity contribution is 9.10. The van der Waals surface area contributed by atoms with Crippen LogP contribution >= 0.6 is 15.9 Å². The average Bonchev–Trinajstić information content (AvgIpc) is 2.32. The van der Waals surface area contributed by atoms with Crippen molar-refractivity contribution in [2.75, 3.05) is 0 Å². The third-order valence-electron chi connectivity index (χ3n) is 2.41. The van der Waals surface area contributed by atoms with Crippen molar-refractivity contribution in [1.29, 1.82) is 0 Å². The molecule has 0 aliphatic carbocycles. The van der Waals surface area contributed by atoms with Crippen LogP contribution in [0, 0.1) is 5.92 Å². The summed E-state index contributed by atoms with van der Waals surface area (Å²) < 4.78 is 0.993. The Hall–Kier alpha value is -1.16. The molecule has 0 fully saturated rings. The van der Waals surface area contributed by atoms with E-state index >= 15 is 0 Å². The zero-order chi connectivity index (χ0) is 14.0. The lowest BCUT2D eigenvalue weighted by atomic mass is 9.95. The Balaban J connectivity index is 0.000000873. The molecule has 0 aliphatic rings. The van der Waals surface area contributed by atoms with Crippen LogP contribution in [-0.4, -0.2) is 17.4 Å². The fourth-order valence-corrected chi connectivity index (χ4v) is 2.04. The summed E-state index contributed by atoms with van der Waals surface area (Å²) in [5.41, 5.74) is 1.07. The van der Waals surface area contributed by atoms with Crippen LogP contribution in [0.2, 0.25) is 0 Å². The standard InChI is InChI=1S/C12H15BrO2.C2H4O/c1-2-5-10(12(14)15)8-9-6-3-4-7-11(9)13;1-2-3/h3-4,6-7,10H,2,5,8H2,1H3,(H,14,15);2H,1H3. The van der Waals surface area contributed by atoms with Gasteiger partial charge in [-0.25, -0.2) is 0 Å². The van der Waals surface area contributed by atoms with Gasteiger partial charge in [-0.3, -0.25) is 4.79 Å². The minimum Gasteiger partial charge on any atom is -0.481 e. The number of benzene rings is 1. The first-order valence-electron chi connectivity index (χ1n) is 5.92. The highest BCUT2D eigenvalue weighted by Gasteiger charge is 2.17. The van der Waals surface area contributed by atoms with Crippen LogP contribution < -0.4 is 0 Å². The maximum atomic E-state index is 11.0. The zero-order valence-electron chi connectivity index (χ0n) is 10.7. The molecule has 0 heterocycles. The maximum Gasteiger partial charge on any atom is 0.306 e. The smallest absolute Gasteiger partial charge is 0.306 e. The van der Waals surface area contributed by atoms with Gasteiger partial charge in [0.05, 0.1) is 5.92 Å². The molecule has 1 aromatic rings. The Kier molecular flexibility index (Phi) is 9.19. The van der Waals surface area contributed by atoms with Crippen molar-refractivity contribution in [3.05, 3.63) is 34.3 Å². The van der Waals surface area contributed by atoms with Crippen molar-refractivity contribution in [1.82, 2.24) is 0 Å². The highest BCUT2D eigenvalue weighted by Crippen LogP contribution is 2.21. The zero-order valence-corrected chi connectivity index (χ0v) is 12.3. The summed E-state index contributed by atoms with van der Waals surface area (Å²) in [5.74, 6) is -0.971. The predicted octanol–water partition coefficient (Wildman–Crippen LogP) is 3.70. The van der Waals surface area contributed by atoms with Gasteiger partial charge < -0.3 is 9.90 Å². The molecule has 0 aliphatic heterocycles. The number of carbonyl (C=O) groups excluding carboxylic acids is 1. The largest absolute Gasteiger partial charge is 0.481 e. The van der Waals surface area contributed by atoms with E-state index in [1.807, 2.05) is 31.2 Å². The van der Waals surface area contributed by atoms with Crippen molar-refractivity contribution in [2.24, 2.45) is 5.92 Å². The molecule has 0 amide bonds. The van der Waals surface area contributed by atoms with Crippen molar-refractivity contribution in [3.8, 4) is 0 Å². The molecule has 1 N–H and O–H groups in total. The molecular weight excluding hydrogens is 296 g/mol. The first kappa shape index (κ1) is 16.8. The van der Waals surface area contributed by atoms with Crippen molar-refractivity contribution < 1.29 is 14.7 Å². The Bertz CT molecular complexity index is 377. The quantitative estimate of drug-likeness (QED) is 0.843. The summed E-state index contributed by atoms with van der Waals surface area (Å²) in [4.78, 5) is 19.8. The number of rotatable bonds is 5. The fourth-order valence-electron chi connectivity index (χ4n) is 1.59. The second-order valence-electron chi connectivity index (χ2n) is 3.86. The van der Waals surface area contributed by atoms with Crippen molar-refractivity contribution in [3.63, 3.8) is 0 Å². The summed E-state index contributed by atoms with van der Waals surface area (Å²) >= 11 is 3.43. The van der Waals surface area contributed by atoms with Crippen LogP contribution in [0.3, 0.4) is 0 Å². The van der Waals surface area contributed by atoms with E-state index in [0.29, 0.717) is 6.42 Å². The fraction of sp³-hybridized carbons (Fsp3) is 0.429. The summed E-state index contributed by atoms with van der Waals surface area (Å²) in [7, 11) is 0. The highest BCUT2D eigenvalue weighted by atomic mass is 79.9. The van der Waals surface area contributed by atoms with E-state index in [-0.39, 0.29) is 5.92 Å². The third-order valence-corrected chi connectivity index (χ3v) is 3.18. The summed E-state index contributed by atoms with van der Waals surface area (Å²) in [5, 5.41) is 9.04. The number of carbonyl (C=O) groups is 2. The SMILES string of the molecule is CC=O.CCCC(Cc1ccccc1Br)C(=O)O. The number of halogens is 1. The average molecular weight is 315 g/mol. The molecular formula is C14H19BrO3. The first-order chi connectivity index (χ1) is 8.56. The van der Waals surface area contributed by atoms with Crippen LogP contribution in [-0.2, 0) is 16.0 Å². The number of aliphatic carboxylic acids is 1. The molecule has 0 spiro atoms. The predicted molar refractivity (Wildman–Crippen MR) is 75.6 cm³/mol. The Morgan fingerprint density at radius 2 is 2.00 bits per heavy atom. The molecule has 0 aromatic heterocycles. The minimum atomic E-state index is -0.701. The van der Waals surface area contributed by atoms with E-state index in [4.69, 9.17) is 9.90 Å². The van der Waals surface area contributed by atoms with E-state index in [0.717, 1.165) is 29.2 Å². The number of hydrogen-bond acceptors (Lipinski definition) is 2. The molecule has 1 unspecified atom stereocenters. The second-order valence-corrected chi connectivity index (χ2v) is 4.71. The van der Waals surface area contributed by atoms with Crippen LogP contribution in [0.25, 0.3) is 0 Å². The molecule has 0 bridgehead atoms. The third kappa shape index (κ3) is 6.55. The van der Waals surface area contributed by atoms with Gasteiger partial charge in [-0.15, -0.1) is 0 Å². The second kappa shape index (κ2) is 9.83. The monoisotopic (exact) mass is 314 g/mol. The van der Waals surface area contributed by atoms with Crippen LogP contribution in [0.1, 0.15) is 32.3 Å². The van der Waals surface area contributed by atoms with Gasteiger partial charge in [0.15, 0.2) is 0 Å². The number of carboxylic acids is 1. The summed E-state index contributed by atoms with van der Waals surface area (Å²) in [6.45, 7) is 3.45. The number of aldehydes is 1. The van der Waals surface area contributed by atoms with E-state index in [2.05, 4.69) is 15.9 Å². The van der Waals surface area contributed by atoms with E-state index in [1.165, 1.54) is 6.92 Å². The molecule has 0 saturated carbocycles. The Morgan fingerprint density at radius 3 is 2.44 bits per heavy atom.